The van der Waals surface area contributed by atoms with Gasteiger partial charge in [0.05, 0.1) is 12.1 Å². The van der Waals surface area contributed by atoms with Crippen molar-refractivity contribution in [2.75, 3.05) is 13.1 Å². The fraction of sp³-hybridized carbons (Fsp3) is 0.857. The Bertz CT molecular complexity index is 345. The van der Waals surface area contributed by atoms with Gasteiger partial charge in [0.2, 0.25) is 11.8 Å². The Morgan fingerprint density at radius 2 is 2.00 bits per heavy atom. The fourth-order valence-corrected chi connectivity index (χ4v) is 3.47. The van der Waals surface area contributed by atoms with Crippen LogP contribution in [0.1, 0.15) is 51.9 Å². The summed E-state index contributed by atoms with van der Waals surface area (Å²) in [4.78, 5) is 25.9. The number of hydrogen-bond acceptors (Lipinski definition) is 3. The molecule has 2 aliphatic rings. The number of nitrogens with zero attached hydrogens (tertiary/aromatic N) is 1. The van der Waals surface area contributed by atoms with Crippen LogP contribution >= 0.6 is 0 Å². The summed E-state index contributed by atoms with van der Waals surface area (Å²) in [6, 6.07) is 0.200. The van der Waals surface area contributed by atoms with Gasteiger partial charge in [0, 0.05) is 6.04 Å². The molecule has 108 valence electrons. The van der Waals surface area contributed by atoms with Crippen LogP contribution in [0.15, 0.2) is 0 Å². The lowest BCUT2D eigenvalue weighted by Crippen LogP contribution is -2.58. The molecule has 1 aliphatic heterocycles. The largest absolute Gasteiger partial charge is 0.368 e. The zero-order valence-corrected chi connectivity index (χ0v) is 11.8. The third kappa shape index (κ3) is 2.91. The molecule has 19 heavy (non-hydrogen) atoms. The lowest BCUT2D eigenvalue weighted by molar-refractivity contribution is -0.143. The number of carbonyl (C=O) groups is 2. The van der Waals surface area contributed by atoms with Crippen LogP contribution in [0.2, 0.25) is 0 Å². The lowest BCUT2D eigenvalue weighted by atomic mass is 9.91. The van der Waals surface area contributed by atoms with E-state index in [9.17, 15) is 9.59 Å². The fourth-order valence-electron chi connectivity index (χ4n) is 3.47. The average Bonchev–Trinajstić information content (AvgIpc) is 3.06. The van der Waals surface area contributed by atoms with Crippen molar-refractivity contribution in [1.82, 2.24) is 10.2 Å². The second kappa shape index (κ2) is 5.90. The molecule has 2 rings (SSSR count). The van der Waals surface area contributed by atoms with Gasteiger partial charge in [0.1, 0.15) is 0 Å². The smallest absolute Gasteiger partial charge is 0.243 e. The highest BCUT2D eigenvalue weighted by atomic mass is 16.2. The Labute approximate surface area is 114 Å². The third-order valence-electron chi connectivity index (χ3n) is 4.61. The Kier molecular flexibility index (Phi) is 4.45. The third-order valence-corrected chi connectivity index (χ3v) is 4.61. The molecule has 1 aliphatic carbocycles. The van der Waals surface area contributed by atoms with Crippen LogP contribution in [-0.4, -0.2) is 41.4 Å². The molecule has 2 fully saturated rings. The van der Waals surface area contributed by atoms with E-state index < -0.39 is 11.4 Å². The van der Waals surface area contributed by atoms with Gasteiger partial charge in [0.15, 0.2) is 0 Å². The normalized spacial score (nSPS) is 27.6. The lowest BCUT2D eigenvalue weighted by Gasteiger charge is -2.36. The molecule has 5 heteroatoms. The van der Waals surface area contributed by atoms with Gasteiger partial charge in [-0.1, -0.05) is 19.8 Å². The van der Waals surface area contributed by atoms with Crippen molar-refractivity contribution in [3.63, 3.8) is 0 Å². The molecule has 1 heterocycles. The van der Waals surface area contributed by atoms with Crippen LogP contribution in [0, 0.1) is 0 Å². The minimum atomic E-state index is -0.460. The Hall–Kier alpha value is -1.10. The summed E-state index contributed by atoms with van der Waals surface area (Å²) < 4.78 is 0. The molecule has 5 nitrogen and oxygen atoms in total. The molecular formula is C14H25N3O2. The monoisotopic (exact) mass is 267 g/mol. The number of nitrogens with one attached hydrogen (secondary N) is 1. The van der Waals surface area contributed by atoms with Crippen LogP contribution in [0.4, 0.5) is 0 Å². The maximum atomic E-state index is 12.9. The van der Waals surface area contributed by atoms with Gasteiger partial charge in [-0.15, -0.1) is 0 Å². The SMILES string of the molecule is CCC1(C(=O)N(CC(N)=O)C2CCCC2)CCCN1. The first-order valence-electron chi connectivity index (χ1n) is 7.43. The van der Waals surface area contributed by atoms with Crippen LogP contribution < -0.4 is 11.1 Å². The molecule has 0 aromatic rings. The summed E-state index contributed by atoms with van der Waals surface area (Å²) in [5, 5.41) is 3.35. The van der Waals surface area contributed by atoms with Crippen LogP contribution in [0.5, 0.6) is 0 Å². The number of amides is 2. The number of rotatable bonds is 5. The number of primary amides is 1. The van der Waals surface area contributed by atoms with Gasteiger partial charge in [-0.3, -0.25) is 9.59 Å². The van der Waals surface area contributed by atoms with E-state index in [-0.39, 0.29) is 18.5 Å². The van der Waals surface area contributed by atoms with Crippen LogP contribution in [-0.2, 0) is 9.59 Å². The number of nitrogens with two attached hydrogens (primary N) is 1. The zero-order chi connectivity index (χ0) is 13.9. The van der Waals surface area contributed by atoms with E-state index in [1.54, 1.807) is 4.90 Å². The summed E-state index contributed by atoms with van der Waals surface area (Å²) in [6.45, 7) is 2.98. The molecule has 0 spiro atoms. The van der Waals surface area contributed by atoms with E-state index >= 15 is 0 Å². The highest BCUT2D eigenvalue weighted by Crippen LogP contribution is 2.30. The Balaban J connectivity index is 2.16. The van der Waals surface area contributed by atoms with Crippen LogP contribution in [0.3, 0.4) is 0 Å². The highest BCUT2D eigenvalue weighted by Gasteiger charge is 2.44. The summed E-state index contributed by atoms with van der Waals surface area (Å²) in [6.07, 6.45) is 6.93. The van der Waals surface area contributed by atoms with Crippen molar-refractivity contribution in [3.05, 3.63) is 0 Å². The second-order valence-corrected chi connectivity index (χ2v) is 5.80. The first kappa shape index (κ1) is 14.3. The Morgan fingerprint density at radius 3 is 2.47 bits per heavy atom. The quantitative estimate of drug-likeness (QED) is 0.772. The van der Waals surface area contributed by atoms with E-state index in [1.165, 1.54) is 0 Å². The molecule has 0 aromatic heterocycles. The van der Waals surface area contributed by atoms with E-state index in [1.807, 2.05) is 6.92 Å². The molecule has 1 saturated heterocycles. The van der Waals surface area contributed by atoms with Crippen molar-refractivity contribution in [2.24, 2.45) is 5.73 Å². The average molecular weight is 267 g/mol. The Morgan fingerprint density at radius 1 is 1.32 bits per heavy atom. The van der Waals surface area contributed by atoms with E-state index in [0.29, 0.717) is 0 Å². The molecule has 1 unspecified atom stereocenters. The first-order valence-corrected chi connectivity index (χ1v) is 7.43. The van der Waals surface area contributed by atoms with Gasteiger partial charge in [-0.25, -0.2) is 0 Å². The van der Waals surface area contributed by atoms with E-state index in [2.05, 4.69) is 5.32 Å². The molecule has 1 saturated carbocycles. The number of hydrogen-bond donors (Lipinski definition) is 2. The summed E-state index contributed by atoms with van der Waals surface area (Å²) in [5.41, 5.74) is 4.87. The van der Waals surface area contributed by atoms with E-state index in [0.717, 1.165) is 51.5 Å². The predicted octanol–water partition coefficient (Wildman–Crippen LogP) is 0.775. The minimum absolute atomic E-state index is 0.0624. The van der Waals surface area contributed by atoms with Crippen molar-refractivity contribution < 1.29 is 9.59 Å². The number of carbonyl (C=O) groups excluding carboxylic acids is 2. The highest BCUT2D eigenvalue weighted by molar-refractivity contribution is 5.90. The van der Waals surface area contributed by atoms with Crippen molar-refractivity contribution in [1.29, 1.82) is 0 Å². The maximum absolute atomic E-state index is 12.9. The summed E-state index contributed by atoms with van der Waals surface area (Å²) >= 11 is 0. The molecule has 0 bridgehead atoms. The molecular weight excluding hydrogens is 242 g/mol. The minimum Gasteiger partial charge on any atom is -0.368 e. The molecule has 3 N–H and O–H groups in total. The molecule has 1 atom stereocenters. The van der Waals surface area contributed by atoms with Gasteiger partial charge in [-0.05, 0) is 38.6 Å². The molecule has 0 radical (unpaired) electrons. The topological polar surface area (TPSA) is 75.4 Å². The van der Waals surface area contributed by atoms with Gasteiger partial charge >= 0.3 is 0 Å². The summed E-state index contributed by atoms with van der Waals surface area (Å²) in [7, 11) is 0. The maximum Gasteiger partial charge on any atom is 0.243 e. The predicted molar refractivity (Wildman–Crippen MR) is 73.4 cm³/mol. The van der Waals surface area contributed by atoms with Crippen molar-refractivity contribution in [2.45, 2.75) is 63.5 Å². The first-order chi connectivity index (χ1) is 9.09. The van der Waals surface area contributed by atoms with Gasteiger partial charge in [0.25, 0.3) is 0 Å². The van der Waals surface area contributed by atoms with Crippen molar-refractivity contribution in [3.8, 4) is 0 Å². The van der Waals surface area contributed by atoms with Gasteiger partial charge in [-0.2, -0.15) is 0 Å². The van der Waals surface area contributed by atoms with Gasteiger partial charge < -0.3 is 16.0 Å². The van der Waals surface area contributed by atoms with Crippen LogP contribution in [0.25, 0.3) is 0 Å². The van der Waals surface area contributed by atoms with Crippen molar-refractivity contribution >= 4 is 11.8 Å². The standard InChI is InChI=1S/C14H25N3O2/c1-2-14(8-5-9-16-14)13(19)17(10-12(15)18)11-6-3-4-7-11/h11,16H,2-10H2,1H3,(H2,15,18). The second-order valence-electron chi connectivity index (χ2n) is 5.80. The van der Waals surface area contributed by atoms with E-state index in [4.69, 9.17) is 5.73 Å². The molecule has 2 amide bonds. The zero-order valence-electron chi connectivity index (χ0n) is 11.8. The molecule has 0 aromatic carbocycles. The summed E-state index contributed by atoms with van der Waals surface area (Å²) in [5.74, 6) is -0.331.